The number of hydrogen-bond acceptors (Lipinski definition) is 5. The number of primary amides is 1. The molecule has 2 rings (SSSR count). The molecule has 0 fully saturated rings. The summed E-state index contributed by atoms with van der Waals surface area (Å²) in [6.07, 6.45) is -4.08. The SMILES string of the molecule is CN=C(NCCc1nc(C(F)(F)F)cs1)NCc1cccc(OCC(N)=O)c1.I. The molecule has 0 bridgehead atoms. The molecule has 0 atom stereocenters. The smallest absolute Gasteiger partial charge is 0.434 e. The van der Waals surface area contributed by atoms with Crippen LogP contribution < -0.4 is 21.1 Å². The van der Waals surface area contributed by atoms with E-state index < -0.39 is 17.8 Å². The minimum absolute atomic E-state index is 0. The average molecular weight is 543 g/mol. The van der Waals surface area contributed by atoms with Crippen molar-refractivity contribution in [1.82, 2.24) is 15.6 Å². The Morgan fingerprint density at radius 3 is 2.72 bits per heavy atom. The number of hydrogen-bond donors (Lipinski definition) is 3. The van der Waals surface area contributed by atoms with E-state index in [2.05, 4.69) is 20.6 Å². The summed E-state index contributed by atoms with van der Waals surface area (Å²) in [5.41, 5.74) is 5.07. The summed E-state index contributed by atoms with van der Waals surface area (Å²) in [7, 11) is 1.59. The second kappa shape index (κ2) is 11.8. The maximum Gasteiger partial charge on any atom is 0.434 e. The molecule has 1 aromatic heterocycles. The Bertz CT molecular complexity index is 829. The summed E-state index contributed by atoms with van der Waals surface area (Å²) in [5, 5.41) is 7.52. The lowest BCUT2D eigenvalue weighted by molar-refractivity contribution is -0.140. The highest BCUT2D eigenvalue weighted by Gasteiger charge is 2.33. The van der Waals surface area contributed by atoms with Crippen LogP contribution in [0.2, 0.25) is 0 Å². The first kappa shape index (κ1) is 24.9. The highest BCUT2D eigenvalue weighted by atomic mass is 127. The average Bonchev–Trinajstić information content (AvgIpc) is 3.12. The van der Waals surface area contributed by atoms with Crippen LogP contribution in [-0.4, -0.2) is 37.1 Å². The Balaban J connectivity index is 0.00000420. The zero-order valence-corrected chi connectivity index (χ0v) is 18.6. The van der Waals surface area contributed by atoms with E-state index in [4.69, 9.17) is 10.5 Å². The molecule has 0 radical (unpaired) electrons. The van der Waals surface area contributed by atoms with Gasteiger partial charge in [0.2, 0.25) is 0 Å². The fourth-order valence-electron chi connectivity index (χ4n) is 2.15. The van der Waals surface area contributed by atoms with Crippen LogP contribution in [0.15, 0.2) is 34.6 Å². The van der Waals surface area contributed by atoms with Crippen LogP contribution in [0.25, 0.3) is 0 Å². The van der Waals surface area contributed by atoms with E-state index in [0.29, 0.717) is 36.2 Å². The van der Waals surface area contributed by atoms with Crippen LogP contribution in [0.3, 0.4) is 0 Å². The maximum atomic E-state index is 12.6. The summed E-state index contributed by atoms with van der Waals surface area (Å²) in [6, 6.07) is 7.12. The normalized spacial score (nSPS) is 11.5. The zero-order valence-electron chi connectivity index (χ0n) is 15.5. The number of alkyl halides is 3. The third-order valence-electron chi connectivity index (χ3n) is 3.44. The molecule has 4 N–H and O–H groups in total. The molecule has 0 saturated heterocycles. The van der Waals surface area contributed by atoms with Gasteiger partial charge in [-0.3, -0.25) is 9.79 Å². The lowest BCUT2D eigenvalue weighted by atomic mass is 10.2. The van der Waals surface area contributed by atoms with Crippen LogP contribution in [0.5, 0.6) is 5.75 Å². The number of thiazole rings is 1. The number of guanidine groups is 1. The number of halogens is 4. The van der Waals surface area contributed by atoms with Crippen molar-refractivity contribution in [2.75, 3.05) is 20.2 Å². The molecule has 1 aromatic carbocycles. The highest BCUT2D eigenvalue weighted by molar-refractivity contribution is 14.0. The van der Waals surface area contributed by atoms with E-state index in [-0.39, 0.29) is 30.6 Å². The quantitative estimate of drug-likeness (QED) is 0.270. The molecule has 2 aromatic rings. The van der Waals surface area contributed by atoms with Crippen LogP contribution >= 0.6 is 35.3 Å². The number of benzene rings is 1. The van der Waals surface area contributed by atoms with Crippen molar-refractivity contribution in [3.8, 4) is 5.75 Å². The lowest BCUT2D eigenvalue weighted by Gasteiger charge is -2.12. The van der Waals surface area contributed by atoms with Crippen molar-refractivity contribution >= 4 is 47.2 Å². The molecular weight excluding hydrogens is 522 g/mol. The monoisotopic (exact) mass is 543 g/mol. The number of aliphatic imine (C=N–C) groups is 1. The minimum atomic E-state index is -4.42. The van der Waals surface area contributed by atoms with Gasteiger partial charge in [0.05, 0.1) is 5.01 Å². The molecule has 0 aliphatic heterocycles. The number of carbonyl (C=O) groups is 1. The molecule has 0 saturated carbocycles. The van der Waals surface area contributed by atoms with E-state index in [1.165, 1.54) is 0 Å². The number of carbonyl (C=O) groups excluding carboxylic acids is 1. The molecule has 1 amide bonds. The Morgan fingerprint density at radius 1 is 1.34 bits per heavy atom. The maximum absolute atomic E-state index is 12.6. The second-order valence-electron chi connectivity index (χ2n) is 5.63. The number of nitrogens with one attached hydrogen (secondary N) is 2. The zero-order chi connectivity index (χ0) is 20.6. The molecule has 29 heavy (non-hydrogen) atoms. The summed E-state index contributed by atoms with van der Waals surface area (Å²) in [4.78, 5) is 18.4. The van der Waals surface area contributed by atoms with Gasteiger partial charge in [-0.05, 0) is 17.7 Å². The largest absolute Gasteiger partial charge is 0.484 e. The van der Waals surface area contributed by atoms with Gasteiger partial charge < -0.3 is 21.1 Å². The number of nitrogens with two attached hydrogens (primary N) is 1. The first-order valence-electron chi connectivity index (χ1n) is 8.24. The third-order valence-corrected chi connectivity index (χ3v) is 4.35. The van der Waals surface area contributed by atoms with Crippen molar-refractivity contribution in [2.24, 2.45) is 10.7 Å². The molecule has 1 heterocycles. The topological polar surface area (TPSA) is 102 Å². The first-order valence-corrected chi connectivity index (χ1v) is 9.12. The Labute approximate surface area is 187 Å². The van der Waals surface area contributed by atoms with Crippen molar-refractivity contribution in [3.05, 3.63) is 45.9 Å². The fourth-order valence-corrected chi connectivity index (χ4v) is 2.95. The van der Waals surface area contributed by atoms with Crippen molar-refractivity contribution < 1.29 is 22.7 Å². The summed E-state index contributed by atoms with van der Waals surface area (Å²) in [5.74, 6) is 0.456. The lowest BCUT2D eigenvalue weighted by Crippen LogP contribution is -2.37. The van der Waals surface area contributed by atoms with Crippen molar-refractivity contribution in [3.63, 3.8) is 0 Å². The van der Waals surface area contributed by atoms with E-state index in [1.807, 2.05) is 6.07 Å². The Hall–Kier alpha value is -2.09. The second-order valence-corrected chi connectivity index (χ2v) is 6.57. The molecule has 160 valence electrons. The van der Waals surface area contributed by atoms with Crippen LogP contribution in [0, 0.1) is 0 Å². The van der Waals surface area contributed by atoms with Gasteiger partial charge in [0.15, 0.2) is 18.3 Å². The highest BCUT2D eigenvalue weighted by Crippen LogP contribution is 2.29. The number of ether oxygens (including phenoxy) is 1. The molecule has 7 nitrogen and oxygen atoms in total. The number of nitrogens with zero attached hydrogens (tertiary/aromatic N) is 2. The number of rotatable bonds is 8. The standard InChI is InChI=1S/C17H20F3N5O2S.HI/c1-22-16(23-6-5-15-25-13(10-28-15)17(18,19)20)24-8-11-3-2-4-12(7-11)27-9-14(21)26;/h2-4,7,10H,5-6,8-9H2,1H3,(H2,21,26)(H2,22,23,24);1H. The molecule has 0 spiro atoms. The van der Waals surface area contributed by atoms with E-state index in [0.717, 1.165) is 22.3 Å². The molecule has 0 unspecified atom stereocenters. The summed E-state index contributed by atoms with van der Waals surface area (Å²) in [6.45, 7) is 0.613. The van der Waals surface area contributed by atoms with Gasteiger partial charge in [-0.2, -0.15) is 13.2 Å². The summed E-state index contributed by atoms with van der Waals surface area (Å²) >= 11 is 0.976. The predicted octanol–water partition coefficient (Wildman–Crippen LogP) is 2.55. The fraction of sp³-hybridized carbons (Fsp3) is 0.353. The number of aromatic nitrogens is 1. The third kappa shape index (κ3) is 8.85. The Morgan fingerprint density at radius 2 is 2.10 bits per heavy atom. The van der Waals surface area contributed by atoms with Gasteiger partial charge in [-0.15, -0.1) is 35.3 Å². The number of amides is 1. The van der Waals surface area contributed by atoms with Gasteiger partial charge in [-0.25, -0.2) is 4.98 Å². The molecule has 12 heteroatoms. The summed E-state index contributed by atoms with van der Waals surface area (Å²) < 4.78 is 42.9. The van der Waals surface area contributed by atoms with E-state index >= 15 is 0 Å². The van der Waals surface area contributed by atoms with Gasteiger partial charge in [0.1, 0.15) is 5.75 Å². The molecule has 0 aliphatic rings. The molecule has 0 aliphatic carbocycles. The van der Waals surface area contributed by atoms with E-state index in [1.54, 1.807) is 25.2 Å². The Kier molecular flexibility index (Phi) is 10.2. The van der Waals surface area contributed by atoms with Crippen LogP contribution in [-0.2, 0) is 23.9 Å². The molecular formula is C17H21F3IN5O2S. The first-order chi connectivity index (χ1) is 13.3. The van der Waals surface area contributed by atoms with Gasteiger partial charge in [0.25, 0.3) is 5.91 Å². The van der Waals surface area contributed by atoms with Gasteiger partial charge >= 0.3 is 6.18 Å². The van der Waals surface area contributed by atoms with Gasteiger partial charge in [-0.1, -0.05) is 12.1 Å². The van der Waals surface area contributed by atoms with Crippen molar-refractivity contribution in [2.45, 2.75) is 19.1 Å². The van der Waals surface area contributed by atoms with E-state index in [9.17, 15) is 18.0 Å². The van der Waals surface area contributed by atoms with Gasteiger partial charge in [0, 0.05) is 31.9 Å². The minimum Gasteiger partial charge on any atom is -0.484 e. The van der Waals surface area contributed by atoms with Crippen LogP contribution in [0.4, 0.5) is 13.2 Å². The predicted molar refractivity (Wildman–Crippen MR) is 116 cm³/mol. The van der Waals surface area contributed by atoms with Crippen molar-refractivity contribution in [1.29, 1.82) is 0 Å². The van der Waals surface area contributed by atoms with Crippen LogP contribution in [0.1, 0.15) is 16.3 Å².